The number of benzene rings is 1. The molecule has 0 aliphatic carbocycles. The quantitative estimate of drug-likeness (QED) is 0.474. The van der Waals surface area contributed by atoms with Crippen molar-refractivity contribution in [3.05, 3.63) is 52.4 Å². The Labute approximate surface area is 229 Å². The first-order chi connectivity index (χ1) is 17.9. The Balaban J connectivity index is 1.56. The van der Waals surface area contributed by atoms with Crippen LogP contribution in [-0.2, 0) is 11.3 Å². The van der Waals surface area contributed by atoms with Gasteiger partial charge in [-0.3, -0.25) is 20.1 Å². The van der Waals surface area contributed by atoms with Gasteiger partial charge in [-0.15, -0.1) is 0 Å². The summed E-state index contributed by atoms with van der Waals surface area (Å²) in [6.45, 7) is 12.5. The minimum atomic E-state index is -0.509. The summed E-state index contributed by atoms with van der Waals surface area (Å²) in [6, 6.07) is 9.47. The zero-order valence-corrected chi connectivity index (χ0v) is 23.4. The van der Waals surface area contributed by atoms with E-state index in [2.05, 4.69) is 25.6 Å². The van der Waals surface area contributed by atoms with Crippen LogP contribution in [0.3, 0.4) is 0 Å². The van der Waals surface area contributed by atoms with Gasteiger partial charge in [0.2, 0.25) is 5.82 Å². The number of amides is 2. The number of nitrogens with zero attached hydrogens (tertiary/aromatic N) is 5. The van der Waals surface area contributed by atoms with Crippen LogP contribution < -0.4 is 15.8 Å². The number of halogens is 1. The number of ether oxygens (including phenoxy) is 1. The Bertz CT molecular complexity index is 1150. The lowest BCUT2D eigenvalue weighted by molar-refractivity contribution is 0.0477. The Morgan fingerprint density at radius 3 is 2.47 bits per heavy atom. The van der Waals surface area contributed by atoms with Crippen LogP contribution in [0.5, 0.6) is 0 Å². The molecule has 1 aromatic heterocycles. The fraction of sp³-hybridized carbons (Fsp3) is 0.519. The molecule has 0 unspecified atom stereocenters. The number of carbonyl (C=O) groups excluding carboxylic acids is 2. The van der Waals surface area contributed by atoms with Crippen LogP contribution in [0, 0.1) is 17.2 Å². The van der Waals surface area contributed by atoms with Crippen LogP contribution in [0.1, 0.15) is 69.2 Å². The monoisotopic (exact) mass is 541 g/mol. The van der Waals surface area contributed by atoms with Gasteiger partial charge in [-0.1, -0.05) is 37.6 Å². The van der Waals surface area contributed by atoms with Gasteiger partial charge in [-0.2, -0.15) is 10.2 Å². The maximum atomic E-state index is 13.0. The minimum absolute atomic E-state index is 0.0265. The van der Waals surface area contributed by atoms with Crippen molar-refractivity contribution in [1.29, 1.82) is 5.26 Å². The highest BCUT2D eigenvalue weighted by Crippen LogP contribution is 2.22. The molecule has 1 aromatic carbocycles. The molecule has 3 rings (SSSR count). The molecule has 204 valence electrons. The second kappa shape index (κ2) is 12.9. The highest BCUT2D eigenvalue weighted by atomic mass is 35.5. The summed E-state index contributed by atoms with van der Waals surface area (Å²) < 4.78 is 5.35. The van der Waals surface area contributed by atoms with E-state index in [1.165, 1.54) is 6.20 Å². The number of piperidine rings is 1. The minimum Gasteiger partial charge on any atom is -0.444 e. The largest absolute Gasteiger partial charge is 0.444 e. The van der Waals surface area contributed by atoms with E-state index in [-0.39, 0.29) is 40.6 Å². The third-order valence-electron chi connectivity index (χ3n) is 5.80. The van der Waals surface area contributed by atoms with Gasteiger partial charge >= 0.3 is 6.09 Å². The number of aromatic nitrogens is 2. The molecule has 2 N–H and O–H groups in total. The Hall–Kier alpha value is -3.42. The van der Waals surface area contributed by atoms with Gasteiger partial charge in [0.25, 0.3) is 5.91 Å². The lowest BCUT2D eigenvalue weighted by Gasteiger charge is -2.32. The van der Waals surface area contributed by atoms with E-state index in [0.717, 1.165) is 38.0 Å². The van der Waals surface area contributed by atoms with E-state index >= 15 is 0 Å². The number of nitriles is 1. The van der Waals surface area contributed by atoms with Crippen LogP contribution in [0.4, 0.5) is 10.6 Å². The van der Waals surface area contributed by atoms with Crippen LogP contribution >= 0.6 is 11.6 Å². The number of anilines is 1. The molecular formula is C27H36ClN7O3. The van der Waals surface area contributed by atoms with Gasteiger partial charge in [0.15, 0.2) is 5.82 Å². The Kier molecular flexibility index (Phi) is 9.89. The normalized spacial score (nSPS) is 14.6. The Morgan fingerprint density at radius 1 is 1.24 bits per heavy atom. The Morgan fingerprint density at radius 2 is 1.89 bits per heavy atom. The molecule has 2 heterocycles. The predicted molar refractivity (Wildman–Crippen MR) is 146 cm³/mol. The van der Waals surface area contributed by atoms with Gasteiger partial charge in [0, 0.05) is 37.8 Å². The van der Waals surface area contributed by atoms with Crippen molar-refractivity contribution in [1.82, 2.24) is 25.6 Å². The van der Waals surface area contributed by atoms with Crippen molar-refractivity contribution in [2.45, 2.75) is 65.6 Å². The molecular weight excluding hydrogens is 506 g/mol. The number of nitrogens with one attached hydrogen (secondary N) is 2. The fourth-order valence-corrected chi connectivity index (χ4v) is 4.26. The van der Waals surface area contributed by atoms with E-state index in [0.29, 0.717) is 12.1 Å². The highest BCUT2D eigenvalue weighted by molar-refractivity contribution is 6.32. The zero-order chi connectivity index (χ0) is 27.9. The maximum Gasteiger partial charge on any atom is 0.407 e. The van der Waals surface area contributed by atoms with E-state index in [4.69, 9.17) is 21.6 Å². The number of rotatable bonds is 8. The zero-order valence-electron chi connectivity index (χ0n) is 22.6. The van der Waals surface area contributed by atoms with Crippen molar-refractivity contribution in [2.75, 3.05) is 24.6 Å². The molecule has 1 aliphatic rings. The third kappa shape index (κ3) is 8.85. The molecule has 2 amide bonds. The van der Waals surface area contributed by atoms with Crippen molar-refractivity contribution in [2.24, 2.45) is 5.92 Å². The second-order valence-electron chi connectivity index (χ2n) is 10.8. The molecule has 0 saturated carbocycles. The SMILES string of the molecule is CC(C)CN(NC(=O)c1ccc(CN2CCC(NC(=O)OC(C)(C)C)CC2)cc1)c1nc(C#N)ncc1Cl. The number of hydrazine groups is 1. The highest BCUT2D eigenvalue weighted by Gasteiger charge is 2.24. The van der Waals surface area contributed by atoms with E-state index < -0.39 is 5.60 Å². The van der Waals surface area contributed by atoms with Gasteiger partial charge in [-0.05, 0) is 57.2 Å². The van der Waals surface area contributed by atoms with Crippen LogP contribution in [0.15, 0.2) is 30.5 Å². The molecule has 10 nitrogen and oxygen atoms in total. The van der Waals surface area contributed by atoms with Crippen molar-refractivity contribution >= 4 is 29.4 Å². The second-order valence-corrected chi connectivity index (χ2v) is 11.2. The van der Waals surface area contributed by atoms with Crippen molar-refractivity contribution < 1.29 is 14.3 Å². The van der Waals surface area contributed by atoms with Gasteiger partial charge in [0.05, 0.1) is 6.20 Å². The molecule has 0 spiro atoms. The fourth-order valence-electron chi connectivity index (χ4n) is 4.07. The van der Waals surface area contributed by atoms with Gasteiger partial charge < -0.3 is 10.1 Å². The summed E-state index contributed by atoms with van der Waals surface area (Å²) in [4.78, 5) is 35.4. The molecule has 0 bridgehead atoms. The third-order valence-corrected chi connectivity index (χ3v) is 6.06. The lowest BCUT2D eigenvalue weighted by Crippen LogP contribution is -2.45. The van der Waals surface area contributed by atoms with Crippen LogP contribution in [-0.4, -0.2) is 58.1 Å². The number of hydrogen-bond acceptors (Lipinski definition) is 8. The molecule has 11 heteroatoms. The summed E-state index contributed by atoms with van der Waals surface area (Å²) >= 11 is 6.27. The van der Waals surface area contributed by atoms with Crippen LogP contribution in [0.25, 0.3) is 0 Å². The smallest absolute Gasteiger partial charge is 0.407 e. The molecule has 1 fully saturated rings. The molecule has 1 aliphatic heterocycles. The molecule has 0 radical (unpaired) electrons. The van der Waals surface area contributed by atoms with Crippen molar-refractivity contribution in [3.63, 3.8) is 0 Å². The number of likely N-dealkylation sites (tertiary alicyclic amines) is 1. The first kappa shape index (κ1) is 29.1. The van der Waals surface area contributed by atoms with Crippen LogP contribution in [0.2, 0.25) is 5.02 Å². The van der Waals surface area contributed by atoms with E-state index in [1.807, 2.05) is 52.8 Å². The first-order valence-electron chi connectivity index (χ1n) is 12.8. The summed E-state index contributed by atoms with van der Waals surface area (Å²) in [6.07, 6.45) is 2.69. The standard InChI is InChI=1S/C27H36ClN7O3/c1-18(2)16-35(24-22(28)15-30-23(14-29)32-24)33-25(36)20-8-6-19(7-9-20)17-34-12-10-21(11-13-34)31-26(37)38-27(3,4)5/h6-9,15,18,21H,10-13,16-17H2,1-5H3,(H,31,37)(H,33,36). The molecule has 2 aromatic rings. The molecule has 0 atom stereocenters. The first-order valence-corrected chi connectivity index (χ1v) is 13.1. The maximum absolute atomic E-state index is 13.0. The molecule has 1 saturated heterocycles. The average molecular weight is 542 g/mol. The van der Waals surface area contributed by atoms with Gasteiger partial charge in [-0.25, -0.2) is 9.78 Å². The topological polar surface area (TPSA) is 123 Å². The van der Waals surface area contributed by atoms with Gasteiger partial charge in [0.1, 0.15) is 16.7 Å². The predicted octanol–water partition coefficient (Wildman–Crippen LogP) is 4.30. The number of alkyl carbamates (subject to hydrolysis) is 1. The summed E-state index contributed by atoms with van der Waals surface area (Å²) in [5.74, 6) is 0.139. The summed E-state index contributed by atoms with van der Waals surface area (Å²) in [7, 11) is 0. The molecule has 38 heavy (non-hydrogen) atoms. The average Bonchev–Trinajstić information content (AvgIpc) is 2.84. The van der Waals surface area contributed by atoms with E-state index in [9.17, 15) is 9.59 Å². The summed E-state index contributed by atoms with van der Waals surface area (Å²) in [5, 5.41) is 13.9. The number of hydrogen-bond donors (Lipinski definition) is 2. The lowest BCUT2D eigenvalue weighted by atomic mass is 10.0. The van der Waals surface area contributed by atoms with Crippen molar-refractivity contribution in [3.8, 4) is 6.07 Å². The summed E-state index contributed by atoms with van der Waals surface area (Å²) in [5.41, 5.74) is 3.94. The number of carbonyl (C=O) groups is 2. The van der Waals surface area contributed by atoms with E-state index in [1.54, 1.807) is 17.1 Å².